The Morgan fingerprint density at radius 1 is 1.08 bits per heavy atom. The van der Waals surface area contributed by atoms with Gasteiger partial charge in [0.1, 0.15) is 5.82 Å². The molecule has 0 radical (unpaired) electrons. The largest absolute Gasteiger partial charge is 0.261 e. The smallest absolute Gasteiger partial charge is 0.205 e. The van der Waals surface area contributed by atoms with Crippen LogP contribution in [0, 0.1) is 5.82 Å². The maximum absolute atomic E-state index is 13.1. The number of aromatic nitrogens is 1. The highest BCUT2D eigenvalue weighted by Crippen LogP contribution is 2.22. The minimum atomic E-state index is -0.255. The van der Waals surface area contributed by atoms with E-state index in [1.54, 1.807) is 19.2 Å². The first-order chi connectivity index (χ1) is 11.6. The molecule has 1 aromatic heterocycles. The predicted octanol–water partition coefficient (Wildman–Crippen LogP) is 4.92. The molecule has 3 rings (SSSR count). The molecule has 122 valence electrons. The summed E-state index contributed by atoms with van der Waals surface area (Å²) in [5, 5.41) is 6.74. The van der Waals surface area contributed by atoms with Crippen LogP contribution in [0.5, 0.6) is 0 Å². The van der Waals surface area contributed by atoms with Crippen LogP contribution in [0.2, 0.25) is 0 Å². The minimum absolute atomic E-state index is 0.255. The Labute approximate surface area is 152 Å². The van der Waals surface area contributed by atoms with Crippen molar-refractivity contribution in [1.82, 2.24) is 4.68 Å². The summed E-state index contributed by atoms with van der Waals surface area (Å²) in [5.41, 5.74) is 3.69. The zero-order valence-electron chi connectivity index (χ0n) is 13.2. The molecule has 0 unspecified atom stereocenters. The lowest BCUT2D eigenvalue weighted by atomic mass is 10.1. The van der Waals surface area contributed by atoms with E-state index in [0.717, 1.165) is 31.8 Å². The molecule has 6 heteroatoms. The molecular formula is C18H15BrFN3S. The molecule has 0 N–H and O–H groups in total. The second kappa shape index (κ2) is 7.23. The van der Waals surface area contributed by atoms with Crippen LogP contribution in [0.4, 0.5) is 4.39 Å². The Kier molecular flexibility index (Phi) is 5.06. The molecular weight excluding hydrogens is 389 g/mol. The molecule has 0 aliphatic heterocycles. The van der Waals surface area contributed by atoms with Crippen LogP contribution in [0.1, 0.15) is 12.5 Å². The second-order valence-electron chi connectivity index (χ2n) is 5.14. The van der Waals surface area contributed by atoms with Gasteiger partial charge in [0.05, 0.1) is 11.4 Å². The maximum atomic E-state index is 13.1. The van der Waals surface area contributed by atoms with Gasteiger partial charge < -0.3 is 0 Å². The van der Waals surface area contributed by atoms with Gasteiger partial charge in [-0.1, -0.05) is 40.2 Å². The molecule has 1 heterocycles. The summed E-state index contributed by atoms with van der Waals surface area (Å²) < 4.78 is 16.0. The van der Waals surface area contributed by atoms with Crippen molar-refractivity contribution in [1.29, 1.82) is 0 Å². The molecule has 0 saturated carbocycles. The molecule has 0 aliphatic rings. The third-order valence-electron chi connectivity index (χ3n) is 3.53. The van der Waals surface area contributed by atoms with Gasteiger partial charge in [-0.15, -0.1) is 11.3 Å². The van der Waals surface area contributed by atoms with E-state index in [-0.39, 0.29) is 5.82 Å². The average Bonchev–Trinajstić information content (AvgIpc) is 2.98. The summed E-state index contributed by atoms with van der Waals surface area (Å²) >= 11 is 4.98. The molecule has 0 aliphatic carbocycles. The van der Waals surface area contributed by atoms with Gasteiger partial charge in [-0.3, -0.25) is 4.99 Å². The van der Waals surface area contributed by atoms with Crippen molar-refractivity contribution < 1.29 is 4.39 Å². The zero-order chi connectivity index (χ0) is 17.1. The third kappa shape index (κ3) is 3.55. The lowest BCUT2D eigenvalue weighted by Crippen LogP contribution is -2.13. The Morgan fingerprint density at radius 3 is 2.38 bits per heavy atom. The van der Waals surface area contributed by atoms with E-state index in [4.69, 9.17) is 5.10 Å². The highest BCUT2D eigenvalue weighted by atomic mass is 79.9. The van der Waals surface area contributed by atoms with Crippen LogP contribution in [-0.2, 0) is 0 Å². The zero-order valence-corrected chi connectivity index (χ0v) is 15.6. The van der Waals surface area contributed by atoms with Crippen molar-refractivity contribution in [2.45, 2.75) is 6.92 Å². The molecule has 3 nitrogen and oxygen atoms in total. The first-order valence-electron chi connectivity index (χ1n) is 7.29. The monoisotopic (exact) mass is 403 g/mol. The van der Waals surface area contributed by atoms with Crippen molar-refractivity contribution in [2.24, 2.45) is 10.1 Å². The lowest BCUT2D eigenvalue weighted by molar-refractivity contribution is 0.627. The normalized spacial score (nSPS) is 12.7. The first kappa shape index (κ1) is 16.8. The van der Waals surface area contributed by atoms with Crippen molar-refractivity contribution >= 4 is 33.0 Å². The summed E-state index contributed by atoms with van der Waals surface area (Å²) in [5.74, 6) is -0.255. The highest BCUT2D eigenvalue weighted by molar-refractivity contribution is 9.10. The Bertz CT molecular complexity index is 938. The van der Waals surface area contributed by atoms with Crippen LogP contribution in [0.3, 0.4) is 0 Å². The fraction of sp³-hybridized carbons (Fsp3) is 0.111. The van der Waals surface area contributed by atoms with Gasteiger partial charge in [0.25, 0.3) is 0 Å². The van der Waals surface area contributed by atoms with Gasteiger partial charge in [-0.05, 0) is 36.8 Å². The molecule has 0 fully saturated rings. The summed E-state index contributed by atoms with van der Waals surface area (Å²) in [6.45, 7) is 1.91. The Balaban J connectivity index is 2.10. The van der Waals surface area contributed by atoms with E-state index in [2.05, 4.69) is 20.9 Å². The van der Waals surface area contributed by atoms with Crippen LogP contribution >= 0.6 is 27.3 Å². The molecule has 2 aromatic carbocycles. The first-order valence-corrected chi connectivity index (χ1v) is 8.96. The van der Waals surface area contributed by atoms with Crippen LogP contribution in [0.15, 0.2) is 68.5 Å². The molecule has 0 atom stereocenters. The van der Waals surface area contributed by atoms with E-state index in [9.17, 15) is 4.39 Å². The number of rotatable bonds is 3. The Hall–Kier alpha value is -2.05. The van der Waals surface area contributed by atoms with E-state index in [1.807, 2.05) is 41.2 Å². The summed E-state index contributed by atoms with van der Waals surface area (Å²) in [6, 6.07) is 14.4. The lowest BCUT2D eigenvalue weighted by Gasteiger charge is -2.06. The van der Waals surface area contributed by atoms with Gasteiger partial charge in [-0.25, -0.2) is 9.07 Å². The van der Waals surface area contributed by atoms with Gasteiger partial charge in [0.15, 0.2) is 0 Å². The molecule has 0 bridgehead atoms. The fourth-order valence-electron chi connectivity index (χ4n) is 2.27. The van der Waals surface area contributed by atoms with Crippen LogP contribution in [-0.4, -0.2) is 17.4 Å². The summed E-state index contributed by atoms with van der Waals surface area (Å²) in [7, 11) is 1.75. The fourth-order valence-corrected chi connectivity index (χ4v) is 3.33. The summed E-state index contributed by atoms with van der Waals surface area (Å²) in [6.07, 6.45) is 0. The van der Waals surface area contributed by atoms with Crippen molar-refractivity contribution in [2.75, 3.05) is 7.05 Å². The Morgan fingerprint density at radius 2 is 1.75 bits per heavy atom. The van der Waals surface area contributed by atoms with Crippen LogP contribution in [0.25, 0.3) is 11.3 Å². The number of thiazole rings is 1. The SMILES string of the molecule is CN=c1scc(-c2ccc(Br)cc2)n1N=C(C)c1ccc(F)cc1. The van der Waals surface area contributed by atoms with Crippen molar-refractivity contribution in [3.05, 3.63) is 74.6 Å². The van der Waals surface area contributed by atoms with Crippen molar-refractivity contribution in [3.63, 3.8) is 0 Å². The summed E-state index contributed by atoms with van der Waals surface area (Å²) in [4.78, 5) is 5.10. The topological polar surface area (TPSA) is 29.6 Å². The van der Waals surface area contributed by atoms with Crippen molar-refractivity contribution in [3.8, 4) is 11.3 Å². The standard InChI is InChI=1S/C18H15BrFN3S/c1-12(13-5-9-16(20)10-6-13)22-23-17(11-24-18(23)21-2)14-3-7-15(19)8-4-14/h3-11H,1-2H3. The molecule has 0 spiro atoms. The number of benzene rings is 2. The third-order valence-corrected chi connectivity index (χ3v) is 4.96. The molecule has 0 saturated heterocycles. The van der Waals surface area contributed by atoms with E-state index < -0.39 is 0 Å². The highest BCUT2D eigenvalue weighted by Gasteiger charge is 2.08. The molecule has 3 aromatic rings. The number of hydrogen-bond donors (Lipinski definition) is 0. The number of hydrogen-bond acceptors (Lipinski definition) is 3. The quantitative estimate of drug-likeness (QED) is 0.555. The van der Waals surface area contributed by atoms with Gasteiger partial charge in [0.2, 0.25) is 4.80 Å². The predicted molar refractivity (Wildman–Crippen MR) is 101 cm³/mol. The van der Waals surface area contributed by atoms with E-state index in [0.29, 0.717) is 0 Å². The van der Waals surface area contributed by atoms with Gasteiger partial charge in [-0.2, -0.15) is 5.10 Å². The number of nitrogens with zero attached hydrogens (tertiary/aromatic N) is 3. The minimum Gasteiger partial charge on any atom is -0.261 e. The van der Waals surface area contributed by atoms with E-state index >= 15 is 0 Å². The van der Waals surface area contributed by atoms with Crippen LogP contribution < -0.4 is 4.80 Å². The van der Waals surface area contributed by atoms with Gasteiger partial charge >= 0.3 is 0 Å². The number of halogens is 2. The molecule has 0 amide bonds. The molecule has 24 heavy (non-hydrogen) atoms. The average molecular weight is 404 g/mol. The van der Waals surface area contributed by atoms with Gasteiger partial charge in [0, 0.05) is 22.5 Å². The second-order valence-corrected chi connectivity index (χ2v) is 6.89. The van der Waals surface area contributed by atoms with E-state index in [1.165, 1.54) is 23.5 Å². The maximum Gasteiger partial charge on any atom is 0.205 e.